The highest BCUT2D eigenvalue weighted by Gasteiger charge is 2.21. The summed E-state index contributed by atoms with van der Waals surface area (Å²) in [6, 6.07) is 3.03. The summed E-state index contributed by atoms with van der Waals surface area (Å²) < 4.78 is 24.0. The van der Waals surface area contributed by atoms with Crippen LogP contribution >= 0.6 is 0 Å². The molecule has 0 aliphatic heterocycles. The fraction of sp³-hybridized carbons (Fsp3) is 0.611. The summed E-state index contributed by atoms with van der Waals surface area (Å²) in [5, 5.41) is 5.40. The first-order valence-electron chi connectivity index (χ1n) is 8.85. The predicted molar refractivity (Wildman–Crippen MR) is 112 cm³/mol. The van der Waals surface area contributed by atoms with E-state index in [2.05, 4.69) is 34.1 Å². The summed E-state index contributed by atoms with van der Waals surface area (Å²) in [5.74, 6) is 0. The van der Waals surface area contributed by atoms with Crippen molar-refractivity contribution < 1.29 is 8.95 Å². The second kappa shape index (κ2) is 8.10. The van der Waals surface area contributed by atoms with Gasteiger partial charge in [-0.15, -0.1) is 0 Å². The van der Waals surface area contributed by atoms with E-state index in [-0.39, 0.29) is 0 Å². The molecule has 0 aliphatic carbocycles. The maximum absolute atomic E-state index is 12.4. The third-order valence-corrected chi connectivity index (χ3v) is 7.04. The number of fused-ring (bicyclic) bond motifs is 1. The molecule has 0 aliphatic rings. The van der Waals surface area contributed by atoms with Crippen molar-refractivity contribution in [1.29, 1.82) is 0 Å². The Balaban J connectivity index is 2.27. The molecule has 26 heavy (non-hydrogen) atoms. The molecule has 0 amide bonds. The third kappa shape index (κ3) is 5.56. The van der Waals surface area contributed by atoms with Crippen LogP contribution in [0.5, 0.6) is 0 Å². The minimum atomic E-state index is -1.33. The van der Waals surface area contributed by atoms with Gasteiger partial charge in [0.15, 0.2) is 0 Å². The zero-order valence-electron chi connectivity index (χ0n) is 16.9. The number of pyridine rings is 1. The van der Waals surface area contributed by atoms with Gasteiger partial charge in [0.25, 0.3) is 0 Å². The molecule has 2 rings (SSSR count). The van der Waals surface area contributed by atoms with Crippen molar-refractivity contribution in [3.05, 3.63) is 24.2 Å². The lowest BCUT2D eigenvalue weighted by molar-refractivity contribution is 0.0816. The van der Waals surface area contributed by atoms with E-state index in [9.17, 15) is 4.21 Å². The van der Waals surface area contributed by atoms with E-state index in [4.69, 9.17) is 4.74 Å². The maximum atomic E-state index is 12.4. The topological polar surface area (TPSA) is 69.4 Å². The first-order chi connectivity index (χ1) is 12.0. The molecule has 0 bridgehead atoms. The molecule has 0 saturated heterocycles. The second-order valence-corrected chi connectivity index (χ2v) is 16.2. The van der Waals surface area contributed by atoms with Crippen LogP contribution in [0.25, 0.3) is 10.9 Å². The minimum Gasteiger partial charge on any atom is -0.360 e. The van der Waals surface area contributed by atoms with Gasteiger partial charge >= 0.3 is 0 Å². The van der Waals surface area contributed by atoms with Crippen LogP contribution in [0, 0.1) is 0 Å². The van der Waals surface area contributed by atoms with Crippen molar-refractivity contribution in [3.8, 4) is 0 Å². The number of rotatable bonds is 7. The number of aromatic nitrogens is 3. The van der Waals surface area contributed by atoms with Crippen LogP contribution in [0.1, 0.15) is 33.4 Å². The molecule has 0 spiro atoms. The average Bonchev–Trinajstić information content (AvgIpc) is 2.92. The number of nitrogens with zero attached hydrogens (tertiary/aromatic N) is 4. The Kier molecular flexibility index (Phi) is 6.52. The molecule has 8 heteroatoms. The van der Waals surface area contributed by atoms with Crippen LogP contribution in [-0.4, -0.2) is 44.1 Å². The molecule has 0 aromatic carbocycles. The Morgan fingerprint density at radius 3 is 2.65 bits per heavy atom. The lowest BCUT2D eigenvalue weighted by atomic mass is 10.2. The van der Waals surface area contributed by atoms with Crippen molar-refractivity contribution in [1.82, 2.24) is 14.8 Å². The molecule has 2 aromatic heterocycles. The fourth-order valence-corrected chi connectivity index (χ4v) is 3.60. The molecule has 0 radical (unpaired) electrons. The Labute approximate surface area is 159 Å². The molecule has 2 heterocycles. The van der Waals surface area contributed by atoms with E-state index >= 15 is 0 Å². The Morgan fingerprint density at radius 2 is 2.04 bits per heavy atom. The Bertz CT molecular complexity index is 819. The average molecular weight is 395 g/mol. The van der Waals surface area contributed by atoms with E-state index in [1.165, 1.54) is 0 Å². The summed E-state index contributed by atoms with van der Waals surface area (Å²) in [5.41, 5.74) is 2.21. The van der Waals surface area contributed by atoms with Gasteiger partial charge in [0.1, 0.15) is 23.4 Å². The van der Waals surface area contributed by atoms with E-state index in [0.717, 1.165) is 23.6 Å². The van der Waals surface area contributed by atoms with Crippen molar-refractivity contribution >= 4 is 35.7 Å². The molecule has 0 fully saturated rings. The summed E-state index contributed by atoms with van der Waals surface area (Å²) in [6.45, 7) is 15.7. The van der Waals surface area contributed by atoms with Crippen molar-refractivity contribution in [2.24, 2.45) is 4.40 Å². The summed E-state index contributed by atoms with van der Waals surface area (Å²) in [6.07, 6.45) is 3.53. The van der Waals surface area contributed by atoms with Gasteiger partial charge in [-0.3, -0.25) is 4.98 Å². The third-order valence-electron chi connectivity index (χ3n) is 3.85. The highest BCUT2D eigenvalue weighted by atomic mass is 32.2. The first kappa shape index (κ1) is 20.9. The largest absolute Gasteiger partial charge is 0.360 e. The van der Waals surface area contributed by atoms with Gasteiger partial charge in [0, 0.05) is 26.3 Å². The number of hydrogen-bond acceptors (Lipinski definition) is 4. The zero-order chi connectivity index (χ0) is 19.5. The lowest BCUT2D eigenvalue weighted by Gasteiger charge is -2.16. The highest BCUT2D eigenvalue weighted by molar-refractivity contribution is 7.85. The van der Waals surface area contributed by atoms with Gasteiger partial charge in [-0.1, -0.05) is 19.6 Å². The van der Waals surface area contributed by atoms with Crippen LogP contribution in [-0.2, 0) is 22.5 Å². The molecule has 144 valence electrons. The van der Waals surface area contributed by atoms with E-state index in [0.29, 0.717) is 18.1 Å². The van der Waals surface area contributed by atoms with Gasteiger partial charge < -0.3 is 4.74 Å². The fourth-order valence-electron chi connectivity index (χ4n) is 2.23. The molecule has 0 saturated carbocycles. The molecule has 0 unspecified atom stereocenters. The zero-order valence-corrected chi connectivity index (χ0v) is 18.7. The second-order valence-electron chi connectivity index (χ2n) is 8.63. The van der Waals surface area contributed by atoms with Gasteiger partial charge in [-0.2, -0.15) is 9.50 Å². The number of ether oxygens (including phenoxy) is 1. The van der Waals surface area contributed by atoms with Gasteiger partial charge in [0.05, 0.1) is 22.2 Å². The van der Waals surface area contributed by atoms with Gasteiger partial charge in [-0.25, -0.2) is 8.89 Å². The number of hydrogen-bond donors (Lipinski definition) is 0. The first-order valence-corrected chi connectivity index (χ1v) is 13.7. The Morgan fingerprint density at radius 1 is 1.35 bits per heavy atom. The summed E-state index contributed by atoms with van der Waals surface area (Å²) in [4.78, 5) is 4.47. The van der Waals surface area contributed by atoms with Gasteiger partial charge in [0.2, 0.25) is 0 Å². The lowest BCUT2D eigenvalue weighted by Crippen LogP contribution is -2.22. The van der Waals surface area contributed by atoms with Crippen LogP contribution in [0.3, 0.4) is 0 Å². The molecule has 1 atom stereocenters. The molecule has 0 N–H and O–H groups in total. The van der Waals surface area contributed by atoms with Crippen molar-refractivity contribution in [2.45, 2.75) is 64.9 Å². The SMILES string of the molecule is CC(=N[S@@](=O)C(C)(C)C)c1nccc2cnn(COCC[Si](C)(C)C)c12. The van der Waals surface area contributed by atoms with Crippen molar-refractivity contribution in [3.63, 3.8) is 0 Å². The monoisotopic (exact) mass is 394 g/mol. The predicted octanol–water partition coefficient (Wildman–Crippen LogP) is 4.01. The molecule has 2 aromatic rings. The van der Waals surface area contributed by atoms with Crippen LogP contribution < -0.4 is 0 Å². The van der Waals surface area contributed by atoms with E-state index in [1.807, 2.05) is 33.8 Å². The van der Waals surface area contributed by atoms with E-state index < -0.39 is 23.8 Å². The molecular weight excluding hydrogens is 364 g/mol. The summed E-state index contributed by atoms with van der Waals surface area (Å²) >= 11 is 0. The molecule has 6 nitrogen and oxygen atoms in total. The standard InChI is InChI=1S/C18H30N4O2SSi/c1-14(21-25(23)18(2,3)4)16-17-15(8-9-19-16)12-20-22(17)13-24-10-11-26(5,6)7/h8-9,12H,10-11,13H2,1-7H3/t25-/m0/s1. The normalized spacial score (nSPS) is 14.8. The smallest absolute Gasteiger partial charge is 0.145 e. The quantitative estimate of drug-likeness (QED) is 0.404. The van der Waals surface area contributed by atoms with E-state index in [1.54, 1.807) is 17.1 Å². The molecular formula is C18H30N4O2SSi. The maximum Gasteiger partial charge on any atom is 0.145 e. The van der Waals surface area contributed by atoms with Gasteiger partial charge in [-0.05, 0) is 39.8 Å². The highest BCUT2D eigenvalue weighted by Crippen LogP contribution is 2.20. The van der Waals surface area contributed by atoms with Crippen LogP contribution in [0.2, 0.25) is 25.7 Å². The van der Waals surface area contributed by atoms with Crippen LogP contribution in [0.4, 0.5) is 0 Å². The summed E-state index contributed by atoms with van der Waals surface area (Å²) in [7, 11) is -2.45. The van der Waals surface area contributed by atoms with Crippen molar-refractivity contribution in [2.75, 3.05) is 6.61 Å². The Hall–Kier alpha value is -1.38. The minimum absolute atomic E-state index is 0.377. The van der Waals surface area contributed by atoms with Crippen LogP contribution in [0.15, 0.2) is 22.9 Å².